The number of rotatable bonds is 2. The van der Waals surface area contributed by atoms with Gasteiger partial charge in [0.05, 0.1) is 6.54 Å². The van der Waals surface area contributed by atoms with Crippen molar-refractivity contribution in [2.75, 3.05) is 19.6 Å². The number of hydrogen-bond donors (Lipinski definition) is 1. The number of hydrogen-bond acceptors (Lipinski definition) is 4. The Balaban J connectivity index is 2.04. The monoisotopic (exact) mass is 209 g/mol. The van der Waals surface area contributed by atoms with Crippen LogP contribution < -0.4 is 5.32 Å². The van der Waals surface area contributed by atoms with Crippen molar-refractivity contribution in [1.29, 1.82) is 0 Å². The number of aromatic nitrogens is 3. The van der Waals surface area contributed by atoms with Crippen LogP contribution in [0.2, 0.25) is 0 Å². The van der Waals surface area contributed by atoms with Crippen molar-refractivity contribution >= 4 is 0 Å². The minimum absolute atomic E-state index is 0.579. The third-order valence-electron chi connectivity index (χ3n) is 3.17. The topological polar surface area (TPSA) is 46.0 Å². The van der Waals surface area contributed by atoms with Gasteiger partial charge in [0.2, 0.25) is 0 Å². The molecule has 0 radical (unpaired) electrons. The molecule has 0 amide bonds. The van der Waals surface area contributed by atoms with Crippen LogP contribution >= 0.6 is 0 Å². The molecule has 1 N–H and O–H groups in total. The lowest BCUT2D eigenvalue weighted by Crippen LogP contribution is -2.49. The van der Waals surface area contributed by atoms with E-state index >= 15 is 0 Å². The van der Waals surface area contributed by atoms with Crippen LogP contribution in [0, 0.1) is 6.92 Å². The quantitative estimate of drug-likeness (QED) is 0.740. The van der Waals surface area contributed by atoms with Gasteiger partial charge in [-0.15, -0.1) is 10.2 Å². The Morgan fingerprint density at radius 2 is 2.27 bits per heavy atom. The summed E-state index contributed by atoms with van der Waals surface area (Å²) in [6.45, 7) is 8.36. The third kappa shape index (κ3) is 2.18. The molecule has 5 nitrogen and oxygen atoms in total. The summed E-state index contributed by atoms with van der Waals surface area (Å²) in [5, 5.41) is 11.7. The summed E-state index contributed by atoms with van der Waals surface area (Å²) in [7, 11) is 2.03. The van der Waals surface area contributed by atoms with E-state index in [4.69, 9.17) is 0 Å². The van der Waals surface area contributed by atoms with Crippen molar-refractivity contribution < 1.29 is 0 Å². The normalized spacial score (nSPS) is 23.3. The summed E-state index contributed by atoms with van der Waals surface area (Å²) in [4.78, 5) is 2.44. The average Bonchev–Trinajstić information content (AvgIpc) is 2.53. The first-order valence-electron chi connectivity index (χ1n) is 5.48. The second kappa shape index (κ2) is 4.28. The van der Waals surface area contributed by atoms with E-state index in [0.29, 0.717) is 6.04 Å². The molecule has 15 heavy (non-hydrogen) atoms. The molecular weight excluding hydrogens is 190 g/mol. The number of nitrogens with zero attached hydrogens (tertiary/aromatic N) is 4. The number of nitrogens with one attached hydrogen (secondary N) is 1. The van der Waals surface area contributed by atoms with Crippen LogP contribution in [0.5, 0.6) is 0 Å². The molecular formula is C10H19N5. The highest BCUT2D eigenvalue weighted by molar-refractivity contribution is 4.93. The van der Waals surface area contributed by atoms with Crippen LogP contribution in [-0.4, -0.2) is 45.3 Å². The van der Waals surface area contributed by atoms with E-state index in [2.05, 4.69) is 31.9 Å². The summed E-state index contributed by atoms with van der Waals surface area (Å²) < 4.78 is 2.06. The van der Waals surface area contributed by atoms with Gasteiger partial charge < -0.3 is 9.88 Å². The molecule has 1 saturated heterocycles. The maximum atomic E-state index is 4.19. The van der Waals surface area contributed by atoms with Gasteiger partial charge in [0.15, 0.2) is 0 Å². The van der Waals surface area contributed by atoms with E-state index in [9.17, 15) is 0 Å². The number of piperazine rings is 1. The fraction of sp³-hybridized carbons (Fsp3) is 0.800. The van der Waals surface area contributed by atoms with Crippen molar-refractivity contribution in [1.82, 2.24) is 25.0 Å². The molecule has 2 rings (SSSR count). The van der Waals surface area contributed by atoms with Gasteiger partial charge in [0.1, 0.15) is 11.6 Å². The average molecular weight is 209 g/mol. The van der Waals surface area contributed by atoms with Gasteiger partial charge >= 0.3 is 0 Å². The van der Waals surface area contributed by atoms with Crippen LogP contribution in [0.25, 0.3) is 0 Å². The molecule has 0 aliphatic carbocycles. The summed E-state index contributed by atoms with van der Waals surface area (Å²) in [5.41, 5.74) is 0. The maximum Gasteiger partial charge on any atom is 0.146 e. The maximum absolute atomic E-state index is 4.19. The van der Waals surface area contributed by atoms with Crippen molar-refractivity contribution in [3.63, 3.8) is 0 Å². The summed E-state index contributed by atoms with van der Waals surface area (Å²) in [6.07, 6.45) is 0. The Hall–Kier alpha value is -0.940. The van der Waals surface area contributed by atoms with Gasteiger partial charge in [-0.2, -0.15) is 0 Å². The smallest absolute Gasteiger partial charge is 0.146 e. The van der Waals surface area contributed by atoms with E-state index in [1.54, 1.807) is 0 Å². The second-order valence-electron chi connectivity index (χ2n) is 4.25. The summed E-state index contributed by atoms with van der Waals surface area (Å²) in [5.74, 6) is 2.04. The molecule has 1 fully saturated rings. The predicted molar refractivity (Wildman–Crippen MR) is 58.5 cm³/mol. The minimum atomic E-state index is 0.579. The third-order valence-corrected chi connectivity index (χ3v) is 3.17. The van der Waals surface area contributed by atoms with Crippen molar-refractivity contribution in [2.24, 2.45) is 7.05 Å². The van der Waals surface area contributed by atoms with E-state index in [1.807, 2.05) is 14.0 Å². The lowest BCUT2D eigenvalue weighted by molar-refractivity contribution is 0.160. The van der Waals surface area contributed by atoms with Crippen molar-refractivity contribution in [3.05, 3.63) is 11.6 Å². The van der Waals surface area contributed by atoms with Crippen LogP contribution in [0.4, 0.5) is 0 Å². The molecule has 2 heterocycles. The molecule has 1 aliphatic heterocycles. The highest BCUT2D eigenvalue weighted by Gasteiger charge is 2.19. The second-order valence-corrected chi connectivity index (χ2v) is 4.25. The van der Waals surface area contributed by atoms with E-state index < -0.39 is 0 Å². The molecule has 0 spiro atoms. The fourth-order valence-corrected chi connectivity index (χ4v) is 1.89. The Morgan fingerprint density at radius 3 is 2.87 bits per heavy atom. The SMILES string of the molecule is Cc1nnc(CN2CCNC[C@@H]2C)n1C. The number of aryl methyl sites for hydroxylation is 1. The highest BCUT2D eigenvalue weighted by atomic mass is 15.3. The van der Waals surface area contributed by atoms with Gasteiger partial charge in [-0.05, 0) is 13.8 Å². The molecule has 1 aromatic heterocycles. The van der Waals surface area contributed by atoms with Crippen molar-refractivity contribution in [3.8, 4) is 0 Å². The zero-order valence-corrected chi connectivity index (χ0v) is 9.69. The van der Waals surface area contributed by atoms with Crippen molar-refractivity contribution in [2.45, 2.75) is 26.4 Å². The summed E-state index contributed by atoms with van der Waals surface area (Å²) >= 11 is 0. The van der Waals surface area contributed by atoms with Crippen LogP contribution in [0.3, 0.4) is 0 Å². The Labute approximate surface area is 90.5 Å². The van der Waals surface area contributed by atoms with Gasteiger partial charge in [-0.1, -0.05) is 0 Å². The predicted octanol–water partition coefficient (Wildman–Crippen LogP) is -0.0828. The summed E-state index contributed by atoms with van der Waals surface area (Å²) in [6, 6.07) is 0.579. The first kappa shape index (κ1) is 10.6. The molecule has 0 bridgehead atoms. The zero-order valence-electron chi connectivity index (χ0n) is 9.69. The first-order valence-corrected chi connectivity index (χ1v) is 5.48. The van der Waals surface area contributed by atoms with Crippen LogP contribution in [0.1, 0.15) is 18.6 Å². The van der Waals surface area contributed by atoms with Gasteiger partial charge in [-0.3, -0.25) is 4.90 Å². The Kier molecular flexibility index (Phi) is 3.02. The van der Waals surface area contributed by atoms with E-state index in [-0.39, 0.29) is 0 Å². The van der Waals surface area contributed by atoms with Gasteiger partial charge in [-0.25, -0.2) is 0 Å². The molecule has 1 aliphatic rings. The standard InChI is InChI=1S/C10H19N5/c1-8-6-11-4-5-15(8)7-10-13-12-9(2)14(10)3/h8,11H,4-7H2,1-3H3/t8-/m0/s1. The zero-order chi connectivity index (χ0) is 10.8. The molecule has 5 heteroatoms. The lowest BCUT2D eigenvalue weighted by Gasteiger charge is -2.33. The highest BCUT2D eigenvalue weighted by Crippen LogP contribution is 2.08. The molecule has 0 saturated carbocycles. The van der Waals surface area contributed by atoms with E-state index in [1.165, 1.54) is 0 Å². The van der Waals surface area contributed by atoms with Crippen LogP contribution in [0.15, 0.2) is 0 Å². The fourth-order valence-electron chi connectivity index (χ4n) is 1.89. The molecule has 0 unspecified atom stereocenters. The largest absolute Gasteiger partial charge is 0.317 e. The Morgan fingerprint density at radius 1 is 1.47 bits per heavy atom. The van der Waals surface area contributed by atoms with Gasteiger partial charge in [0, 0.05) is 32.7 Å². The minimum Gasteiger partial charge on any atom is -0.317 e. The molecule has 84 valence electrons. The lowest BCUT2D eigenvalue weighted by atomic mass is 10.2. The molecule has 0 aromatic carbocycles. The molecule has 1 aromatic rings. The Bertz CT molecular complexity index is 333. The molecule has 1 atom stereocenters. The van der Waals surface area contributed by atoms with Gasteiger partial charge in [0.25, 0.3) is 0 Å². The first-order chi connectivity index (χ1) is 7.18. The van der Waals surface area contributed by atoms with E-state index in [0.717, 1.165) is 37.8 Å². The van der Waals surface area contributed by atoms with Crippen LogP contribution in [-0.2, 0) is 13.6 Å².